The molecule has 0 unspecified atom stereocenters. The zero-order chi connectivity index (χ0) is 21.0. The second-order valence-corrected chi connectivity index (χ2v) is 7.61. The maximum absolute atomic E-state index is 12.9. The van der Waals surface area contributed by atoms with Gasteiger partial charge in [-0.1, -0.05) is 6.07 Å². The van der Waals surface area contributed by atoms with Gasteiger partial charge < -0.3 is 20.1 Å². The molecule has 2 aromatic rings. The van der Waals surface area contributed by atoms with E-state index >= 15 is 0 Å². The summed E-state index contributed by atoms with van der Waals surface area (Å²) in [6.07, 6.45) is 1.22. The van der Waals surface area contributed by atoms with E-state index in [1.807, 2.05) is 32.0 Å². The fourth-order valence-corrected chi connectivity index (χ4v) is 3.75. The Kier molecular flexibility index (Phi) is 6.42. The molecule has 6 nitrogen and oxygen atoms in total. The summed E-state index contributed by atoms with van der Waals surface area (Å²) in [5.41, 5.74) is 9.05. The Balaban J connectivity index is 1.72. The number of ether oxygens (including phenoxy) is 2. The second-order valence-electron chi connectivity index (χ2n) is 7.61. The van der Waals surface area contributed by atoms with E-state index < -0.39 is 0 Å². The van der Waals surface area contributed by atoms with Crippen LogP contribution in [0.1, 0.15) is 39.9 Å². The lowest BCUT2D eigenvalue weighted by Gasteiger charge is -2.30. The summed E-state index contributed by atoms with van der Waals surface area (Å²) in [7, 11) is 1.60. The molecule has 2 aromatic carbocycles. The fraction of sp³-hybridized carbons (Fsp3) is 0.391. The van der Waals surface area contributed by atoms with Crippen LogP contribution in [-0.2, 0) is 11.4 Å². The third-order valence-electron chi connectivity index (χ3n) is 5.30. The summed E-state index contributed by atoms with van der Waals surface area (Å²) < 4.78 is 11.4. The van der Waals surface area contributed by atoms with Crippen molar-refractivity contribution in [3.05, 3.63) is 58.7 Å². The number of carbonyl (C=O) groups is 2. The smallest absolute Gasteiger partial charge is 0.253 e. The summed E-state index contributed by atoms with van der Waals surface area (Å²) in [5, 5.41) is 0. The Bertz CT molecular complexity index is 881. The summed E-state index contributed by atoms with van der Waals surface area (Å²) in [6, 6.07) is 11.4. The Morgan fingerprint density at radius 3 is 2.31 bits per heavy atom. The predicted molar refractivity (Wildman–Crippen MR) is 111 cm³/mol. The highest BCUT2D eigenvalue weighted by Crippen LogP contribution is 2.25. The zero-order valence-electron chi connectivity index (χ0n) is 17.2. The molecular formula is C23H28N2O4. The number of benzene rings is 2. The van der Waals surface area contributed by atoms with E-state index in [9.17, 15) is 9.59 Å². The number of amides is 2. The van der Waals surface area contributed by atoms with Crippen LogP contribution in [0.5, 0.6) is 11.5 Å². The zero-order valence-corrected chi connectivity index (χ0v) is 17.2. The molecule has 0 aliphatic carbocycles. The average molecular weight is 396 g/mol. The first-order valence-electron chi connectivity index (χ1n) is 9.84. The van der Waals surface area contributed by atoms with Gasteiger partial charge in [-0.15, -0.1) is 0 Å². The first-order valence-corrected chi connectivity index (χ1v) is 9.84. The minimum atomic E-state index is -0.285. The predicted octanol–water partition coefficient (Wildman–Crippen LogP) is 3.23. The standard InChI is InChI=1S/C23H28N2O4/c1-15-10-16(2)12-20(11-15)29-14-19-13-18(4-5-21(19)28-3)23(27)25-8-6-17(7-9-25)22(24)26/h4-5,10-13,17H,6-9,14H2,1-3H3,(H2,24,26). The van der Waals surface area contributed by atoms with Crippen LogP contribution in [0.2, 0.25) is 0 Å². The lowest BCUT2D eigenvalue weighted by molar-refractivity contribution is -0.123. The Morgan fingerprint density at radius 2 is 1.72 bits per heavy atom. The quantitative estimate of drug-likeness (QED) is 0.813. The molecule has 0 saturated carbocycles. The lowest BCUT2D eigenvalue weighted by atomic mass is 9.95. The summed E-state index contributed by atoms with van der Waals surface area (Å²) in [5.74, 6) is 0.987. The van der Waals surface area contributed by atoms with Crippen molar-refractivity contribution in [3.63, 3.8) is 0 Å². The highest BCUT2D eigenvalue weighted by atomic mass is 16.5. The van der Waals surface area contributed by atoms with E-state index in [2.05, 4.69) is 6.07 Å². The summed E-state index contributed by atoms with van der Waals surface area (Å²) in [4.78, 5) is 26.0. The molecule has 6 heteroatoms. The Labute approximate surface area is 171 Å². The minimum Gasteiger partial charge on any atom is -0.496 e. The van der Waals surface area contributed by atoms with Crippen LogP contribution in [0.3, 0.4) is 0 Å². The molecule has 0 atom stereocenters. The van der Waals surface area contributed by atoms with Crippen molar-refractivity contribution in [2.75, 3.05) is 20.2 Å². The maximum atomic E-state index is 12.9. The number of piperidine rings is 1. The molecule has 0 spiro atoms. The molecule has 0 bridgehead atoms. The Morgan fingerprint density at radius 1 is 1.07 bits per heavy atom. The van der Waals surface area contributed by atoms with Gasteiger partial charge in [0.25, 0.3) is 5.91 Å². The van der Waals surface area contributed by atoms with Crippen molar-refractivity contribution in [1.82, 2.24) is 4.90 Å². The largest absolute Gasteiger partial charge is 0.496 e. The van der Waals surface area contributed by atoms with E-state index in [0.29, 0.717) is 43.9 Å². The first kappa shape index (κ1) is 20.7. The van der Waals surface area contributed by atoms with Crippen LogP contribution in [-0.4, -0.2) is 36.9 Å². The van der Waals surface area contributed by atoms with Crippen molar-refractivity contribution in [2.45, 2.75) is 33.3 Å². The van der Waals surface area contributed by atoms with Crippen molar-refractivity contribution in [1.29, 1.82) is 0 Å². The van der Waals surface area contributed by atoms with Gasteiger partial charge in [0.1, 0.15) is 18.1 Å². The van der Waals surface area contributed by atoms with Crippen molar-refractivity contribution >= 4 is 11.8 Å². The fourth-order valence-electron chi connectivity index (χ4n) is 3.75. The molecule has 2 amide bonds. The van der Waals surface area contributed by atoms with Crippen LogP contribution in [0.4, 0.5) is 0 Å². The molecule has 1 heterocycles. The van der Waals surface area contributed by atoms with Crippen LogP contribution < -0.4 is 15.2 Å². The highest BCUT2D eigenvalue weighted by Gasteiger charge is 2.26. The summed E-state index contributed by atoms with van der Waals surface area (Å²) >= 11 is 0. The van der Waals surface area contributed by atoms with E-state index in [0.717, 1.165) is 22.4 Å². The van der Waals surface area contributed by atoms with Gasteiger partial charge in [-0.05, 0) is 68.1 Å². The van der Waals surface area contributed by atoms with E-state index in [1.165, 1.54) is 0 Å². The highest BCUT2D eigenvalue weighted by molar-refractivity contribution is 5.94. The third kappa shape index (κ3) is 5.08. The van der Waals surface area contributed by atoms with E-state index in [4.69, 9.17) is 15.2 Å². The number of likely N-dealkylation sites (tertiary alicyclic amines) is 1. The van der Waals surface area contributed by atoms with Gasteiger partial charge in [-0.25, -0.2) is 0 Å². The third-order valence-corrected chi connectivity index (χ3v) is 5.30. The minimum absolute atomic E-state index is 0.0526. The molecule has 3 rings (SSSR count). The molecule has 1 aliphatic rings. The molecule has 154 valence electrons. The van der Waals surface area contributed by atoms with Crippen LogP contribution in [0.15, 0.2) is 36.4 Å². The van der Waals surface area contributed by atoms with Crippen molar-refractivity contribution < 1.29 is 19.1 Å². The maximum Gasteiger partial charge on any atom is 0.253 e. The number of rotatable bonds is 6. The van der Waals surface area contributed by atoms with Crippen molar-refractivity contribution in [3.8, 4) is 11.5 Å². The number of nitrogens with zero attached hydrogens (tertiary/aromatic N) is 1. The number of nitrogens with two attached hydrogens (primary N) is 1. The van der Waals surface area contributed by atoms with Gasteiger partial charge in [0, 0.05) is 30.1 Å². The number of hydrogen-bond donors (Lipinski definition) is 1. The lowest BCUT2D eigenvalue weighted by Crippen LogP contribution is -2.41. The van der Waals surface area contributed by atoms with Gasteiger partial charge in [-0.2, -0.15) is 0 Å². The Hall–Kier alpha value is -3.02. The van der Waals surface area contributed by atoms with Crippen LogP contribution >= 0.6 is 0 Å². The molecule has 0 radical (unpaired) electrons. The number of primary amides is 1. The van der Waals surface area contributed by atoms with Crippen molar-refractivity contribution in [2.24, 2.45) is 11.7 Å². The molecule has 29 heavy (non-hydrogen) atoms. The van der Waals surface area contributed by atoms with Crippen LogP contribution in [0.25, 0.3) is 0 Å². The van der Waals surface area contributed by atoms with E-state index in [1.54, 1.807) is 24.1 Å². The summed E-state index contributed by atoms with van der Waals surface area (Å²) in [6.45, 7) is 5.43. The van der Waals surface area contributed by atoms with E-state index in [-0.39, 0.29) is 17.7 Å². The normalized spacial score (nSPS) is 14.5. The van der Waals surface area contributed by atoms with Gasteiger partial charge >= 0.3 is 0 Å². The number of methoxy groups -OCH3 is 1. The number of aryl methyl sites for hydroxylation is 2. The van der Waals surface area contributed by atoms with Gasteiger partial charge in [-0.3, -0.25) is 9.59 Å². The molecule has 0 aromatic heterocycles. The van der Waals surface area contributed by atoms with Gasteiger partial charge in [0.2, 0.25) is 5.91 Å². The molecule has 1 aliphatic heterocycles. The van der Waals surface area contributed by atoms with Crippen LogP contribution in [0, 0.1) is 19.8 Å². The molecule has 1 saturated heterocycles. The van der Waals surface area contributed by atoms with Gasteiger partial charge in [0.15, 0.2) is 0 Å². The molecular weight excluding hydrogens is 368 g/mol. The first-order chi connectivity index (χ1) is 13.9. The number of hydrogen-bond acceptors (Lipinski definition) is 4. The van der Waals surface area contributed by atoms with Gasteiger partial charge in [0.05, 0.1) is 7.11 Å². The average Bonchev–Trinajstić information content (AvgIpc) is 2.71. The molecule has 1 fully saturated rings. The topological polar surface area (TPSA) is 81.9 Å². The second kappa shape index (κ2) is 8.99. The monoisotopic (exact) mass is 396 g/mol. The molecule has 2 N–H and O–H groups in total. The number of carbonyl (C=O) groups excluding carboxylic acids is 2. The SMILES string of the molecule is COc1ccc(C(=O)N2CCC(C(N)=O)CC2)cc1COc1cc(C)cc(C)c1.